The van der Waals surface area contributed by atoms with Crippen LogP contribution in [0.4, 0.5) is 11.4 Å². The van der Waals surface area contributed by atoms with E-state index in [4.69, 9.17) is 5.73 Å². The summed E-state index contributed by atoms with van der Waals surface area (Å²) < 4.78 is 24.4. The number of piperazine rings is 1. The normalized spacial score (nSPS) is 18.0. The molecule has 0 aromatic heterocycles. The van der Waals surface area contributed by atoms with Crippen molar-refractivity contribution in [2.24, 2.45) is 0 Å². The SMILES string of the molecule is Cc1ccc(N)cc1N1CCN(S(C)(=O)=O)CC1. The van der Waals surface area contributed by atoms with Crippen LogP contribution >= 0.6 is 0 Å². The van der Waals surface area contributed by atoms with Gasteiger partial charge in [0.1, 0.15) is 0 Å². The summed E-state index contributed by atoms with van der Waals surface area (Å²) in [4.78, 5) is 2.19. The number of hydrogen-bond donors (Lipinski definition) is 1. The quantitative estimate of drug-likeness (QED) is 0.801. The summed E-state index contributed by atoms with van der Waals surface area (Å²) >= 11 is 0. The van der Waals surface area contributed by atoms with E-state index < -0.39 is 10.0 Å². The van der Waals surface area contributed by atoms with Crippen LogP contribution in [0.15, 0.2) is 18.2 Å². The molecule has 0 aliphatic carbocycles. The lowest BCUT2D eigenvalue weighted by molar-refractivity contribution is 0.388. The van der Waals surface area contributed by atoms with Gasteiger partial charge in [0.05, 0.1) is 6.26 Å². The van der Waals surface area contributed by atoms with E-state index in [0.717, 1.165) is 16.9 Å². The van der Waals surface area contributed by atoms with Crippen molar-refractivity contribution in [3.8, 4) is 0 Å². The average molecular weight is 269 g/mol. The molecule has 1 fully saturated rings. The highest BCUT2D eigenvalue weighted by Crippen LogP contribution is 2.24. The Bertz CT molecular complexity index is 534. The maximum Gasteiger partial charge on any atom is 0.211 e. The van der Waals surface area contributed by atoms with Crippen molar-refractivity contribution in [3.05, 3.63) is 23.8 Å². The zero-order valence-corrected chi connectivity index (χ0v) is 11.6. The molecule has 6 heteroatoms. The van der Waals surface area contributed by atoms with Crippen molar-refractivity contribution in [1.82, 2.24) is 4.31 Å². The van der Waals surface area contributed by atoms with Gasteiger partial charge in [0.2, 0.25) is 10.0 Å². The van der Waals surface area contributed by atoms with Gasteiger partial charge in [-0.25, -0.2) is 8.42 Å². The van der Waals surface area contributed by atoms with Crippen LogP contribution in [0.5, 0.6) is 0 Å². The molecule has 0 radical (unpaired) electrons. The van der Waals surface area contributed by atoms with E-state index >= 15 is 0 Å². The molecular formula is C12H19N3O2S. The Labute approximate surface area is 108 Å². The van der Waals surface area contributed by atoms with Gasteiger partial charge < -0.3 is 10.6 Å². The van der Waals surface area contributed by atoms with E-state index in [-0.39, 0.29) is 0 Å². The molecule has 2 rings (SSSR count). The van der Waals surface area contributed by atoms with Crippen LogP contribution in [0.1, 0.15) is 5.56 Å². The summed E-state index contributed by atoms with van der Waals surface area (Å²) in [6.45, 7) is 4.52. The topological polar surface area (TPSA) is 66.6 Å². The molecule has 0 spiro atoms. The number of rotatable bonds is 2. The van der Waals surface area contributed by atoms with Crippen LogP contribution in [0.25, 0.3) is 0 Å². The number of nitrogens with two attached hydrogens (primary N) is 1. The third-order valence-electron chi connectivity index (χ3n) is 3.28. The summed E-state index contributed by atoms with van der Waals surface area (Å²) in [6.07, 6.45) is 1.26. The summed E-state index contributed by atoms with van der Waals surface area (Å²) in [5, 5.41) is 0. The lowest BCUT2D eigenvalue weighted by Crippen LogP contribution is -2.48. The van der Waals surface area contributed by atoms with Gasteiger partial charge >= 0.3 is 0 Å². The maximum atomic E-state index is 11.4. The fraction of sp³-hybridized carbons (Fsp3) is 0.500. The Morgan fingerprint density at radius 3 is 2.33 bits per heavy atom. The minimum Gasteiger partial charge on any atom is -0.399 e. The Morgan fingerprint density at radius 2 is 1.78 bits per heavy atom. The smallest absolute Gasteiger partial charge is 0.211 e. The second-order valence-corrected chi connectivity index (χ2v) is 6.68. The molecule has 0 unspecified atom stereocenters. The third-order valence-corrected chi connectivity index (χ3v) is 4.58. The van der Waals surface area contributed by atoms with E-state index in [9.17, 15) is 8.42 Å². The first-order chi connectivity index (χ1) is 8.38. The predicted molar refractivity (Wildman–Crippen MR) is 74.2 cm³/mol. The Hall–Kier alpha value is -1.27. The number of anilines is 2. The van der Waals surface area contributed by atoms with Crippen LogP contribution in [-0.2, 0) is 10.0 Å². The zero-order valence-electron chi connectivity index (χ0n) is 10.8. The molecule has 1 aliphatic heterocycles. The molecule has 1 aromatic rings. The molecule has 0 amide bonds. The van der Waals surface area contributed by atoms with Crippen molar-refractivity contribution in [2.45, 2.75) is 6.92 Å². The molecule has 5 nitrogen and oxygen atoms in total. The molecule has 100 valence electrons. The van der Waals surface area contributed by atoms with Gasteiger partial charge in [0.15, 0.2) is 0 Å². The molecule has 2 N–H and O–H groups in total. The monoisotopic (exact) mass is 269 g/mol. The van der Waals surface area contributed by atoms with Crippen molar-refractivity contribution in [3.63, 3.8) is 0 Å². The van der Waals surface area contributed by atoms with Crippen molar-refractivity contribution in [1.29, 1.82) is 0 Å². The van der Waals surface area contributed by atoms with E-state index in [1.54, 1.807) is 0 Å². The zero-order chi connectivity index (χ0) is 13.3. The highest BCUT2D eigenvalue weighted by molar-refractivity contribution is 7.88. The maximum absolute atomic E-state index is 11.4. The third kappa shape index (κ3) is 2.76. The number of nitrogen functional groups attached to an aromatic ring is 1. The van der Waals surface area contributed by atoms with Crippen molar-refractivity contribution >= 4 is 21.4 Å². The summed E-state index contributed by atoms with van der Waals surface area (Å²) in [7, 11) is -3.07. The van der Waals surface area contributed by atoms with Gasteiger partial charge in [-0.1, -0.05) is 6.07 Å². The molecule has 0 saturated carbocycles. The number of aryl methyl sites for hydroxylation is 1. The molecule has 18 heavy (non-hydrogen) atoms. The molecule has 1 saturated heterocycles. The van der Waals surface area contributed by atoms with Gasteiger partial charge in [-0.15, -0.1) is 0 Å². The fourth-order valence-electron chi connectivity index (χ4n) is 2.23. The Balaban J connectivity index is 2.12. The number of hydrogen-bond acceptors (Lipinski definition) is 4. The molecule has 1 aliphatic rings. The van der Waals surface area contributed by atoms with Gasteiger partial charge in [-0.3, -0.25) is 0 Å². The van der Waals surface area contributed by atoms with Crippen molar-refractivity contribution in [2.75, 3.05) is 43.1 Å². The first-order valence-corrected chi connectivity index (χ1v) is 7.79. The number of nitrogens with zero attached hydrogens (tertiary/aromatic N) is 2. The summed E-state index contributed by atoms with van der Waals surface area (Å²) in [6, 6.07) is 5.82. The highest BCUT2D eigenvalue weighted by atomic mass is 32.2. The second-order valence-electron chi connectivity index (χ2n) is 4.70. The number of benzene rings is 1. The first kappa shape index (κ1) is 13.2. The van der Waals surface area contributed by atoms with E-state index in [1.807, 2.05) is 25.1 Å². The lowest BCUT2D eigenvalue weighted by atomic mass is 10.1. The standard InChI is InChI=1S/C12H19N3O2S/c1-10-3-4-11(13)9-12(10)14-5-7-15(8-6-14)18(2,16)17/h3-4,9H,5-8,13H2,1-2H3. The van der Waals surface area contributed by atoms with Gasteiger partial charge in [-0.05, 0) is 24.6 Å². The highest BCUT2D eigenvalue weighted by Gasteiger charge is 2.24. The van der Waals surface area contributed by atoms with Gasteiger partial charge in [0.25, 0.3) is 0 Å². The molecule has 1 heterocycles. The van der Waals surface area contributed by atoms with Crippen molar-refractivity contribution < 1.29 is 8.42 Å². The summed E-state index contributed by atoms with van der Waals surface area (Å²) in [5.41, 5.74) is 8.80. The van der Waals surface area contributed by atoms with E-state index in [1.165, 1.54) is 10.6 Å². The van der Waals surface area contributed by atoms with E-state index in [2.05, 4.69) is 4.90 Å². The first-order valence-electron chi connectivity index (χ1n) is 5.94. The number of sulfonamides is 1. The molecular weight excluding hydrogens is 250 g/mol. The minimum atomic E-state index is -3.07. The van der Waals surface area contributed by atoms with Gasteiger partial charge in [-0.2, -0.15) is 4.31 Å². The van der Waals surface area contributed by atoms with Gasteiger partial charge in [0, 0.05) is 37.6 Å². The Kier molecular flexibility index (Phi) is 3.49. The molecule has 0 bridgehead atoms. The van der Waals surface area contributed by atoms with Crippen LogP contribution in [-0.4, -0.2) is 45.2 Å². The predicted octanol–water partition coefficient (Wildman–Crippen LogP) is 0.659. The second kappa shape index (κ2) is 4.78. The lowest BCUT2D eigenvalue weighted by Gasteiger charge is -2.35. The molecule has 1 aromatic carbocycles. The fourth-order valence-corrected chi connectivity index (χ4v) is 3.05. The van der Waals surface area contributed by atoms with Crippen LogP contribution < -0.4 is 10.6 Å². The summed E-state index contributed by atoms with van der Waals surface area (Å²) in [5.74, 6) is 0. The van der Waals surface area contributed by atoms with Crippen LogP contribution in [0.3, 0.4) is 0 Å². The van der Waals surface area contributed by atoms with Crippen LogP contribution in [0.2, 0.25) is 0 Å². The minimum absolute atomic E-state index is 0.535. The van der Waals surface area contributed by atoms with Crippen LogP contribution in [0, 0.1) is 6.92 Å². The molecule has 0 atom stereocenters. The van der Waals surface area contributed by atoms with E-state index in [0.29, 0.717) is 26.2 Å². The average Bonchev–Trinajstić information content (AvgIpc) is 2.31. The largest absolute Gasteiger partial charge is 0.399 e. The Morgan fingerprint density at radius 1 is 1.17 bits per heavy atom.